The summed E-state index contributed by atoms with van der Waals surface area (Å²) in [5.74, 6) is 1.29. The number of benzene rings is 2. The Labute approximate surface area is 168 Å². The minimum Gasteiger partial charge on any atom is -0.440 e. The fraction of sp³-hybridized carbons (Fsp3) is 0.238. The van der Waals surface area contributed by atoms with E-state index in [2.05, 4.69) is 25.8 Å². The maximum atomic E-state index is 12.3. The van der Waals surface area contributed by atoms with Gasteiger partial charge >= 0.3 is 6.03 Å². The van der Waals surface area contributed by atoms with Crippen LogP contribution in [-0.4, -0.2) is 25.8 Å². The van der Waals surface area contributed by atoms with Gasteiger partial charge in [0.05, 0.1) is 6.54 Å². The number of rotatable bonds is 4. The van der Waals surface area contributed by atoms with Gasteiger partial charge in [-0.2, -0.15) is 0 Å². The number of anilines is 1. The van der Waals surface area contributed by atoms with Crippen LogP contribution in [0.5, 0.6) is 0 Å². The van der Waals surface area contributed by atoms with Gasteiger partial charge in [0, 0.05) is 16.8 Å². The molecule has 2 amide bonds. The Morgan fingerprint density at radius 3 is 2.69 bits per heavy atom. The monoisotopic (exact) mass is 390 g/mol. The molecule has 0 aliphatic rings. The molecule has 2 heterocycles. The number of fused-ring (bicyclic) bond motifs is 1. The number of hydrogen-bond acceptors (Lipinski definition) is 5. The van der Waals surface area contributed by atoms with Gasteiger partial charge < -0.3 is 15.1 Å². The number of nitrogens with zero attached hydrogens (tertiary/aromatic N) is 4. The van der Waals surface area contributed by atoms with Gasteiger partial charge in [-0.1, -0.05) is 39.0 Å². The molecular formula is C21H22N6O2. The molecule has 0 bridgehead atoms. The largest absolute Gasteiger partial charge is 0.440 e. The number of aromatic nitrogens is 4. The van der Waals surface area contributed by atoms with E-state index in [1.54, 1.807) is 24.5 Å². The maximum absolute atomic E-state index is 12.3. The molecule has 2 aromatic heterocycles. The predicted octanol–water partition coefficient (Wildman–Crippen LogP) is 4.03. The molecule has 29 heavy (non-hydrogen) atoms. The highest BCUT2D eigenvalue weighted by molar-refractivity contribution is 5.91. The molecule has 0 aliphatic carbocycles. The number of carbonyl (C=O) groups excluding carboxylic acids is 1. The number of para-hydroxylation sites is 1. The van der Waals surface area contributed by atoms with Gasteiger partial charge in [0.25, 0.3) is 0 Å². The average molecular weight is 390 g/mol. The van der Waals surface area contributed by atoms with E-state index in [0.717, 1.165) is 5.69 Å². The first-order valence-electron chi connectivity index (χ1n) is 9.30. The lowest BCUT2D eigenvalue weighted by molar-refractivity contribution is 0.251. The SMILES string of the molecule is CC(C)(C)c1nc2cc(NC(=O)NCc3nncn3-c3ccccc3)ccc2o1. The molecule has 0 fully saturated rings. The molecule has 2 N–H and O–H groups in total. The summed E-state index contributed by atoms with van der Waals surface area (Å²) in [4.78, 5) is 16.9. The molecule has 4 rings (SSSR count). The summed E-state index contributed by atoms with van der Waals surface area (Å²) in [6.07, 6.45) is 1.62. The van der Waals surface area contributed by atoms with Gasteiger partial charge in [-0.15, -0.1) is 10.2 Å². The third-order valence-electron chi connectivity index (χ3n) is 4.35. The second-order valence-corrected chi connectivity index (χ2v) is 7.71. The highest BCUT2D eigenvalue weighted by Gasteiger charge is 2.21. The standard InChI is InChI=1S/C21H22N6O2/c1-21(2,3)19-25-16-11-14(9-10-17(16)29-19)24-20(28)22-12-18-26-23-13-27(18)15-7-5-4-6-8-15/h4-11,13H,12H2,1-3H3,(H2,22,24,28). The highest BCUT2D eigenvalue weighted by Crippen LogP contribution is 2.27. The van der Waals surface area contributed by atoms with Crippen molar-refractivity contribution >= 4 is 22.8 Å². The van der Waals surface area contributed by atoms with Crippen LogP contribution in [-0.2, 0) is 12.0 Å². The molecule has 8 heteroatoms. The molecule has 0 spiro atoms. The normalized spacial score (nSPS) is 11.6. The number of oxazole rings is 1. The summed E-state index contributed by atoms with van der Waals surface area (Å²) in [6, 6.07) is 14.7. The summed E-state index contributed by atoms with van der Waals surface area (Å²) in [6.45, 7) is 6.36. The summed E-state index contributed by atoms with van der Waals surface area (Å²) < 4.78 is 7.62. The Balaban J connectivity index is 1.42. The molecule has 0 radical (unpaired) electrons. The molecular weight excluding hydrogens is 368 g/mol. The molecule has 0 unspecified atom stereocenters. The van der Waals surface area contributed by atoms with Crippen LogP contribution in [0.2, 0.25) is 0 Å². The van der Waals surface area contributed by atoms with Gasteiger partial charge in [0.1, 0.15) is 11.8 Å². The summed E-state index contributed by atoms with van der Waals surface area (Å²) in [7, 11) is 0. The molecule has 4 aromatic rings. The number of urea groups is 1. The molecule has 148 valence electrons. The first kappa shape index (κ1) is 18.7. The molecule has 0 saturated heterocycles. The summed E-state index contributed by atoms with van der Waals surface area (Å²) in [5.41, 5.74) is 2.78. The third-order valence-corrected chi connectivity index (χ3v) is 4.35. The number of hydrogen-bond donors (Lipinski definition) is 2. The van der Waals surface area contributed by atoms with Crippen LogP contribution in [0.3, 0.4) is 0 Å². The molecule has 0 saturated carbocycles. The van der Waals surface area contributed by atoms with Crippen molar-refractivity contribution in [2.24, 2.45) is 0 Å². The van der Waals surface area contributed by atoms with Crippen molar-refractivity contribution in [1.29, 1.82) is 0 Å². The van der Waals surface area contributed by atoms with Gasteiger partial charge in [-0.3, -0.25) is 4.57 Å². The van der Waals surface area contributed by atoms with Crippen LogP contribution in [0.4, 0.5) is 10.5 Å². The van der Waals surface area contributed by atoms with Crippen LogP contribution < -0.4 is 10.6 Å². The molecule has 0 atom stereocenters. The van der Waals surface area contributed by atoms with Crippen LogP contribution >= 0.6 is 0 Å². The smallest absolute Gasteiger partial charge is 0.319 e. The summed E-state index contributed by atoms with van der Waals surface area (Å²) >= 11 is 0. The summed E-state index contributed by atoms with van der Waals surface area (Å²) in [5, 5.41) is 13.6. The zero-order chi connectivity index (χ0) is 20.4. The van der Waals surface area contributed by atoms with E-state index in [1.165, 1.54) is 0 Å². The first-order valence-corrected chi connectivity index (χ1v) is 9.30. The molecule has 0 aliphatic heterocycles. The second-order valence-electron chi connectivity index (χ2n) is 7.71. The Morgan fingerprint density at radius 1 is 1.14 bits per heavy atom. The number of nitrogens with one attached hydrogen (secondary N) is 2. The van der Waals surface area contributed by atoms with Crippen molar-refractivity contribution in [3.05, 3.63) is 66.6 Å². The van der Waals surface area contributed by atoms with Gasteiger partial charge in [0.2, 0.25) is 5.89 Å². The van der Waals surface area contributed by atoms with Crippen molar-refractivity contribution in [3.63, 3.8) is 0 Å². The van der Waals surface area contributed by atoms with Crippen LogP contribution in [0, 0.1) is 0 Å². The zero-order valence-corrected chi connectivity index (χ0v) is 16.5. The Bertz CT molecular complexity index is 1140. The van der Waals surface area contributed by atoms with Gasteiger partial charge in [0.15, 0.2) is 11.4 Å². The second kappa shape index (κ2) is 7.38. The van der Waals surface area contributed by atoms with E-state index in [9.17, 15) is 4.79 Å². The lowest BCUT2D eigenvalue weighted by Gasteiger charge is -2.11. The Hall–Kier alpha value is -3.68. The molecule has 2 aromatic carbocycles. The minimum absolute atomic E-state index is 0.182. The van der Waals surface area contributed by atoms with E-state index >= 15 is 0 Å². The van der Waals surface area contributed by atoms with E-state index < -0.39 is 0 Å². The van der Waals surface area contributed by atoms with E-state index in [-0.39, 0.29) is 18.0 Å². The van der Waals surface area contributed by atoms with Crippen molar-refractivity contribution in [2.45, 2.75) is 32.7 Å². The fourth-order valence-electron chi connectivity index (χ4n) is 2.84. The highest BCUT2D eigenvalue weighted by atomic mass is 16.3. The lowest BCUT2D eigenvalue weighted by Crippen LogP contribution is -2.29. The Kier molecular flexibility index (Phi) is 4.75. The van der Waals surface area contributed by atoms with Crippen LogP contribution in [0.1, 0.15) is 32.5 Å². The number of carbonyl (C=O) groups is 1. The predicted molar refractivity (Wildman–Crippen MR) is 110 cm³/mol. The maximum Gasteiger partial charge on any atom is 0.319 e. The van der Waals surface area contributed by atoms with E-state index in [1.807, 2.05) is 55.7 Å². The van der Waals surface area contributed by atoms with Crippen molar-refractivity contribution in [2.75, 3.05) is 5.32 Å². The van der Waals surface area contributed by atoms with Crippen molar-refractivity contribution < 1.29 is 9.21 Å². The van der Waals surface area contributed by atoms with E-state index in [0.29, 0.717) is 28.5 Å². The molecule has 8 nitrogen and oxygen atoms in total. The third kappa shape index (κ3) is 4.11. The average Bonchev–Trinajstić information content (AvgIpc) is 3.33. The Morgan fingerprint density at radius 2 is 1.93 bits per heavy atom. The van der Waals surface area contributed by atoms with Gasteiger partial charge in [-0.05, 0) is 30.3 Å². The zero-order valence-electron chi connectivity index (χ0n) is 16.5. The quantitative estimate of drug-likeness (QED) is 0.548. The topological polar surface area (TPSA) is 97.9 Å². The van der Waals surface area contributed by atoms with Gasteiger partial charge in [-0.25, -0.2) is 9.78 Å². The van der Waals surface area contributed by atoms with Crippen LogP contribution in [0.15, 0.2) is 59.3 Å². The lowest BCUT2D eigenvalue weighted by atomic mass is 9.97. The van der Waals surface area contributed by atoms with Crippen molar-refractivity contribution in [3.8, 4) is 5.69 Å². The fourth-order valence-corrected chi connectivity index (χ4v) is 2.84. The van der Waals surface area contributed by atoms with Crippen molar-refractivity contribution in [1.82, 2.24) is 25.1 Å². The minimum atomic E-state index is -0.341. The van der Waals surface area contributed by atoms with E-state index in [4.69, 9.17) is 4.42 Å². The first-order chi connectivity index (χ1) is 13.9. The number of amides is 2. The van der Waals surface area contributed by atoms with Crippen LogP contribution in [0.25, 0.3) is 16.8 Å².